The second-order valence-corrected chi connectivity index (χ2v) is 11.0. The largest absolute Gasteiger partial charge is 0.489 e. The molecule has 39 heavy (non-hydrogen) atoms. The molecule has 212 valence electrons. The van der Waals surface area contributed by atoms with Crippen LogP contribution in [0.15, 0.2) is 30.4 Å². The average molecular weight is 539 g/mol. The maximum Gasteiger partial charge on any atom is 0.236 e. The number of amides is 3. The maximum atomic E-state index is 13.1. The Morgan fingerprint density at radius 1 is 0.949 bits per heavy atom. The molecule has 2 N–H and O–H groups in total. The van der Waals surface area contributed by atoms with Gasteiger partial charge >= 0.3 is 0 Å². The van der Waals surface area contributed by atoms with E-state index in [1.165, 1.54) is 5.69 Å². The lowest BCUT2D eigenvalue weighted by Crippen LogP contribution is -2.51. The molecule has 10 heteroatoms. The fourth-order valence-corrected chi connectivity index (χ4v) is 6.10. The molecule has 1 aromatic rings. The first-order chi connectivity index (χ1) is 19.0. The first-order valence-corrected chi connectivity index (χ1v) is 14.4. The van der Waals surface area contributed by atoms with E-state index >= 15 is 0 Å². The van der Waals surface area contributed by atoms with Crippen LogP contribution in [0.5, 0.6) is 5.75 Å². The molecule has 1 aromatic carbocycles. The van der Waals surface area contributed by atoms with Crippen LogP contribution in [0.3, 0.4) is 0 Å². The Morgan fingerprint density at radius 3 is 2.49 bits per heavy atom. The van der Waals surface area contributed by atoms with Crippen LogP contribution in [-0.2, 0) is 20.9 Å². The summed E-state index contributed by atoms with van der Waals surface area (Å²) >= 11 is 0. The average Bonchev–Trinajstić information content (AvgIpc) is 2.97. The Labute approximate surface area is 231 Å². The fourth-order valence-electron chi connectivity index (χ4n) is 6.10. The lowest BCUT2D eigenvalue weighted by atomic mass is 9.82. The van der Waals surface area contributed by atoms with E-state index in [9.17, 15) is 14.4 Å². The number of carbonyl (C=O) groups is 3. The molecule has 3 fully saturated rings. The Bertz CT molecular complexity index is 1060. The topological polar surface area (TPSA) is 97.5 Å². The van der Waals surface area contributed by atoms with Gasteiger partial charge in [0.2, 0.25) is 17.7 Å². The molecule has 4 aliphatic rings. The molecule has 2 bridgehead atoms. The van der Waals surface area contributed by atoms with Gasteiger partial charge in [0.05, 0.1) is 6.54 Å². The summed E-state index contributed by atoms with van der Waals surface area (Å²) in [5, 5.41) is 6.74. The molecule has 4 heterocycles. The Kier molecular flexibility index (Phi) is 9.03. The summed E-state index contributed by atoms with van der Waals surface area (Å²) in [5.74, 6) is 1.41. The number of ether oxygens (including phenoxy) is 1. The van der Waals surface area contributed by atoms with Crippen LogP contribution in [0.4, 0.5) is 5.69 Å². The third-order valence-corrected chi connectivity index (χ3v) is 8.51. The molecule has 0 aromatic heterocycles. The zero-order valence-electron chi connectivity index (χ0n) is 23.1. The Hall–Kier alpha value is -3.11. The summed E-state index contributed by atoms with van der Waals surface area (Å²) in [6, 6.07) is 6.34. The number of hydrogen-bond acceptors (Lipinski definition) is 7. The van der Waals surface area contributed by atoms with Crippen LogP contribution < -0.4 is 20.3 Å². The van der Waals surface area contributed by atoms with E-state index in [-0.39, 0.29) is 36.1 Å². The third-order valence-electron chi connectivity index (χ3n) is 8.51. The normalized spacial score (nSPS) is 25.5. The predicted molar refractivity (Wildman–Crippen MR) is 149 cm³/mol. The van der Waals surface area contributed by atoms with Gasteiger partial charge in [0.15, 0.2) is 0 Å². The first kappa shape index (κ1) is 27.5. The highest BCUT2D eigenvalue weighted by Crippen LogP contribution is 2.30. The predicted octanol–water partition coefficient (Wildman–Crippen LogP) is 0.680. The second kappa shape index (κ2) is 12.8. The van der Waals surface area contributed by atoms with E-state index < -0.39 is 0 Å². The van der Waals surface area contributed by atoms with Crippen molar-refractivity contribution >= 4 is 23.4 Å². The van der Waals surface area contributed by atoms with Gasteiger partial charge in [0, 0.05) is 96.6 Å². The van der Waals surface area contributed by atoms with Crippen molar-refractivity contribution < 1.29 is 19.1 Å². The van der Waals surface area contributed by atoms with Gasteiger partial charge in [-0.05, 0) is 36.5 Å². The second-order valence-electron chi connectivity index (χ2n) is 11.0. The number of piperidine rings is 1. The zero-order valence-corrected chi connectivity index (χ0v) is 23.1. The molecule has 0 saturated carbocycles. The van der Waals surface area contributed by atoms with Crippen LogP contribution in [0.1, 0.15) is 25.3 Å². The van der Waals surface area contributed by atoms with Crippen molar-refractivity contribution in [2.24, 2.45) is 11.8 Å². The monoisotopic (exact) mass is 538 g/mol. The van der Waals surface area contributed by atoms with Crippen LogP contribution in [0, 0.1) is 11.8 Å². The highest BCUT2D eigenvalue weighted by atomic mass is 16.5. The molecular formula is C29H42N6O4. The maximum absolute atomic E-state index is 13.1. The van der Waals surface area contributed by atoms with Gasteiger partial charge in [0.1, 0.15) is 12.4 Å². The number of carbonyl (C=O) groups excluding carboxylic acids is 3. The van der Waals surface area contributed by atoms with Gasteiger partial charge in [-0.15, -0.1) is 0 Å². The molecule has 0 unspecified atom stereocenters. The Morgan fingerprint density at radius 2 is 1.72 bits per heavy atom. The number of piperazine rings is 2. The van der Waals surface area contributed by atoms with Crippen molar-refractivity contribution in [3.63, 3.8) is 0 Å². The van der Waals surface area contributed by atoms with Gasteiger partial charge in [-0.2, -0.15) is 0 Å². The smallest absolute Gasteiger partial charge is 0.236 e. The standard InChI is InChI=1S/C29H42N6O4/c1-22(36)32-12-14-34(15-13-32)28(37)18-23-6-9-35-21-24(23)3-2-16-39-27-5-4-26(33-10-7-30-8-11-33)17-25(27)19-31-20-29(35)38/h2-5,17,23-24,30-31H,6-16,18-21H2,1H3/b3-2+/t23-,24-/m0/s1. The summed E-state index contributed by atoms with van der Waals surface area (Å²) < 4.78 is 6.19. The summed E-state index contributed by atoms with van der Waals surface area (Å²) in [6.07, 6.45) is 5.45. The number of nitrogens with zero attached hydrogens (tertiary/aromatic N) is 4. The Balaban J connectivity index is 1.24. The molecule has 3 saturated heterocycles. The molecule has 0 spiro atoms. The van der Waals surface area contributed by atoms with E-state index in [0.717, 1.165) is 43.9 Å². The van der Waals surface area contributed by atoms with Crippen molar-refractivity contribution in [2.75, 3.05) is 83.5 Å². The molecule has 5 rings (SSSR count). The highest BCUT2D eigenvalue weighted by Gasteiger charge is 2.33. The minimum Gasteiger partial charge on any atom is -0.489 e. The van der Waals surface area contributed by atoms with Crippen LogP contribution >= 0.6 is 0 Å². The number of anilines is 1. The van der Waals surface area contributed by atoms with Gasteiger partial charge in [-0.3, -0.25) is 14.4 Å². The van der Waals surface area contributed by atoms with Gasteiger partial charge in [-0.25, -0.2) is 0 Å². The van der Waals surface area contributed by atoms with Crippen molar-refractivity contribution in [3.05, 3.63) is 35.9 Å². The minimum atomic E-state index is 0.0626. The number of hydrogen-bond donors (Lipinski definition) is 2. The summed E-state index contributed by atoms with van der Waals surface area (Å²) in [5.41, 5.74) is 2.24. The number of rotatable bonds is 3. The van der Waals surface area contributed by atoms with E-state index in [2.05, 4.69) is 33.7 Å². The van der Waals surface area contributed by atoms with Gasteiger partial charge in [-0.1, -0.05) is 12.2 Å². The van der Waals surface area contributed by atoms with Crippen molar-refractivity contribution in [3.8, 4) is 5.75 Å². The molecule has 0 radical (unpaired) electrons. The van der Waals surface area contributed by atoms with E-state index in [1.807, 2.05) is 21.9 Å². The molecule has 10 nitrogen and oxygen atoms in total. The minimum absolute atomic E-state index is 0.0626. The quantitative estimate of drug-likeness (QED) is 0.547. The van der Waals surface area contributed by atoms with Gasteiger partial charge in [0.25, 0.3) is 0 Å². The number of fused-ring (bicyclic) bond motifs is 3. The first-order valence-electron chi connectivity index (χ1n) is 14.4. The molecule has 0 aliphatic carbocycles. The van der Waals surface area contributed by atoms with Gasteiger partial charge < -0.3 is 35.0 Å². The van der Waals surface area contributed by atoms with E-state index in [0.29, 0.717) is 58.8 Å². The zero-order chi connectivity index (χ0) is 27.2. The van der Waals surface area contributed by atoms with Crippen LogP contribution in [-0.4, -0.2) is 111 Å². The number of benzene rings is 1. The fraction of sp³-hybridized carbons (Fsp3) is 0.621. The molecule has 3 amide bonds. The van der Waals surface area contributed by atoms with Crippen LogP contribution in [0.2, 0.25) is 0 Å². The molecular weight excluding hydrogens is 496 g/mol. The highest BCUT2D eigenvalue weighted by molar-refractivity contribution is 5.79. The lowest BCUT2D eigenvalue weighted by molar-refractivity contribution is -0.140. The third kappa shape index (κ3) is 6.91. The van der Waals surface area contributed by atoms with Crippen molar-refractivity contribution in [2.45, 2.75) is 26.3 Å². The molecule has 4 aliphatic heterocycles. The summed E-state index contributed by atoms with van der Waals surface area (Å²) in [7, 11) is 0. The summed E-state index contributed by atoms with van der Waals surface area (Å²) in [4.78, 5) is 45.9. The summed E-state index contributed by atoms with van der Waals surface area (Å²) in [6.45, 7) is 10.4. The molecule has 2 atom stereocenters. The SMILES string of the molecule is CC(=O)N1CCN(C(=O)C[C@@H]2CCN3C[C@@H]2/C=C/COc2ccc(N4CCNCC4)cc2CNCC3=O)CC1. The lowest BCUT2D eigenvalue weighted by Gasteiger charge is -2.39. The van der Waals surface area contributed by atoms with E-state index in [4.69, 9.17) is 4.74 Å². The van der Waals surface area contributed by atoms with Crippen molar-refractivity contribution in [1.29, 1.82) is 0 Å². The van der Waals surface area contributed by atoms with Crippen LogP contribution in [0.25, 0.3) is 0 Å². The van der Waals surface area contributed by atoms with E-state index in [1.54, 1.807) is 11.8 Å². The number of nitrogens with one attached hydrogen (secondary N) is 2. The van der Waals surface area contributed by atoms with Crippen molar-refractivity contribution in [1.82, 2.24) is 25.3 Å².